The van der Waals surface area contributed by atoms with Gasteiger partial charge in [-0.2, -0.15) is 18.3 Å². The number of carbonyl (C=O) groups is 1. The van der Waals surface area contributed by atoms with Crippen molar-refractivity contribution in [3.63, 3.8) is 0 Å². The first-order chi connectivity index (χ1) is 14.8. The molecule has 2 aromatic heterocycles. The molecule has 4 rings (SSSR count). The maximum absolute atomic E-state index is 12.8. The first-order valence-corrected chi connectivity index (χ1v) is 10.4. The fraction of sp³-hybridized carbons (Fsp3) is 0.571. The Morgan fingerprint density at radius 2 is 2.03 bits per heavy atom. The number of ether oxygens (including phenoxy) is 1. The van der Waals surface area contributed by atoms with Gasteiger partial charge in [0.15, 0.2) is 5.69 Å². The van der Waals surface area contributed by atoms with Crippen LogP contribution in [-0.4, -0.2) is 69.4 Å². The second-order valence-electron chi connectivity index (χ2n) is 8.14. The summed E-state index contributed by atoms with van der Waals surface area (Å²) >= 11 is 0. The van der Waals surface area contributed by atoms with Gasteiger partial charge in [0.1, 0.15) is 6.54 Å². The highest BCUT2D eigenvalue weighted by Crippen LogP contribution is 2.39. The van der Waals surface area contributed by atoms with E-state index in [0.717, 1.165) is 35.7 Å². The van der Waals surface area contributed by atoms with Gasteiger partial charge in [0, 0.05) is 50.9 Å². The molecule has 0 saturated carbocycles. The molecule has 168 valence electrons. The molecular weight excluding hydrogens is 411 g/mol. The van der Waals surface area contributed by atoms with Crippen molar-refractivity contribution in [2.24, 2.45) is 0 Å². The minimum atomic E-state index is -4.51. The van der Waals surface area contributed by atoms with E-state index in [1.807, 2.05) is 12.3 Å². The molecule has 0 aliphatic carbocycles. The summed E-state index contributed by atoms with van der Waals surface area (Å²) in [7, 11) is 1.72. The summed E-state index contributed by atoms with van der Waals surface area (Å²) in [5, 5.41) is 3.56. The highest BCUT2D eigenvalue weighted by Gasteiger charge is 2.44. The van der Waals surface area contributed by atoms with Gasteiger partial charge in [-0.05, 0) is 37.5 Å². The SMILES string of the molecule is CO[C@H]1CN(C2CCN(C(=O)Cn3nc(C(F)(F)F)cc3C)CC2)[C@H]1c1cccnc1. The van der Waals surface area contributed by atoms with Crippen LogP contribution in [0.25, 0.3) is 0 Å². The van der Waals surface area contributed by atoms with E-state index >= 15 is 0 Å². The van der Waals surface area contributed by atoms with Crippen molar-refractivity contribution < 1.29 is 22.7 Å². The number of carbonyl (C=O) groups excluding carboxylic acids is 1. The molecule has 2 fully saturated rings. The van der Waals surface area contributed by atoms with Crippen molar-refractivity contribution in [2.75, 3.05) is 26.7 Å². The Morgan fingerprint density at radius 3 is 2.61 bits per heavy atom. The lowest BCUT2D eigenvalue weighted by Gasteiger charge is -2.52. The number of aryl methyl sites for hydroxylation is 1. The Kier molecular flexibility index (Phi) is 6.02. The zero-order chi connectivity index (χ0) is 22.2. The van der Waals surface area contributed by atoms with Crippen LogP contribution >= 0.6 is 0 Å². The van der Waals surface area contributed by atoms with E-state index in [-0.39, 0.29) is 24.6 Å². The van der Waals surface area contributed by atoms with Crippen molar-refractivity contribution in [3.05, 3.63) is 47.5 Å². The summed E-state index contributed by atoms with van der Waals surface area (Å²) in [6.45, 7) is 3.33. The molecule has 0 aromatic carbocycles. The van der Waals surface area contributed by atoms with Gasteiger partial charge in [-0.15, -0.1) is 0 Å². The molecule has 0 bridgehead atoms. The molecule has 31 heavy (non-hydrogen) atoms. The summed E-state index contributed by atoms with van der Waals surface area (Å²) in [6, 6.07) is 5.41. The van der Waals surface area contributed by atoms with Crippen LogP contribution in [0.3, 0.4) is 0 Å². The monoisotopic (exact) mass is 437 g/mol. The lowest BCUT2D eigenvalue weighted by atomic mass is 9.87. The number of alkyl halides is 3. The minimum absolute atomic E-state index is 0.120. The van der Waals surface area contributed by atoms with Crippen molar-refractivity contribution in [1.82, 2.24) is 24.6 Å². The molecule has 0 N–H and O–H groups in total. The zero-order valence-electron chi connectivity index (χ0n) is 17.5. The Bertz CT molecular complexity index is 909. The largest absolute Gasteiger partial charge is 0.435 e. The first-order valence-electron chi connectivity index (χ1n) is 10.4. The summed E-state index contributed by atoms with van der Waals surface area (Å²) < 4.78 is 45.3. The maximum atomic E-state index is 12.8. The van der Waals surface area contributed by atoms with Crippen molar-refractivity contribution in [2.45, 2.75) is 50.7 Å². The zero-order valence-corrected chi connectivity index (χ0v) is 17.5. The molecule has 4 heterocycles. The number of methoxy groups -OCH3 is 1. The van der Waals surface area contributed by atoms with Gasteiger partial charge in [-0.25, -0.2) is 0 Å². The average Bonchev–Trinajstić information content (AvgIpc) is 3.10. The molecule has 0 spiro atoms. The molecular formula is C21H26F3N5O2. The van der Waals surface area contributed by atoms with Crippen LogP contribution in [0, 0.1) is 6.92 Å². The van der Waals surface area contributed by atoms with Crippen molar-refractivity contribution in [1.29, 1.82) is 0 Å². The quantitative estimate of drug-likeness (QED) is 0.720. The summed E-state index contributed by atoms with van der Waals surface area (Å²) in [6.07, 6.45) is 0.838. The fourth-order valence-electron chi connectivity index (χ4n) is 4.52. The van der Waals surface area contributed by atoms with Crippen LogP contribution < -0.4 is 0 Å². The Hall–Kier alpha value is -2.46. The van der Waals surface area contributed by atoms with E-state index in [9.17, 15) is 18.0 Å². The number of rotatable bonds is 5. The van der Waals surface area contributed by atoms with Gasteiger partial charge in [0.2, 0.25) is 5.91 Å². The number of nitrogens with zero attached hydrogens (tertiary/aromatic N) is 5. The van der Waals surface area contributed by atoms with Gasteiger partial charge in [-0.3, -0.25) is 19.4 Å². The van der Waals surface area contributed by atoms with Crippen molar-refractivity contribution in [3.8, 4) is 0 Å². The summed E-state index contributed by atoms with van der Waals surface area (Å²) in [5.41, 5.74) is 0.471. The molecule has 2 aliphatic heterocycles. The number of pyridine rings is 1. The van der Waals surface area contributed by atoms with E-state index in [2.05, 4.69) is 21.0 Å². The Labute approximate surface area is 178 Å². The van der Waals surface area contributed by atoms with Crippen molar-refractivity contribution >= 4 is 5.91 Å². The average molecular weight is 437 g/mol. The van der Waals surface area contributed by atoms with Gasteiger partial charge in [0.25, 0.3) is 0 Å². The number of hydrogen-bond acceptors (Lipinski definition) is 5. The first kappa shape index (κ1) is 21.8. The van der Waals surface area contributed by atoms with Crippen LogP contribution in [0.2, 0.25) is 0 Å². The highest BCUT2D eigenvalue weighted by molar-refractivity contribution is 5.76. The van der Waals surface area contributed by atoms with E-state index in [1.165, 1.54) is 6.92 Å². The molecule has 0 radical (unpaired) electrons. The van der Waals surface area contributed by atoms with E-state index in [0.29, 0.717) is 24.8 Å². The topological polar surface area (TPSA) is 63.5 Å². The van der Waals surface area contributed by atoms with Gasteiger partial charge >= 0.3 is 6.18 Å². The number of hydrogen-bond donors (Lipinski definition) is 0. The molecule has 1 amide bonds. The Morgan fingerprint density at radius 1 is 1.29 bits per heavy atom. The Balaban J connectivity index is 1.35. The van der Waals surface area contributed by atoms with Crippen LogP contribution in [0.1, 0.15) is 35.8 Å². The van der Waals surface area contributed by atoms with E-state index < -0.39 is 11.9 Å². The molecule has 2 aliphatic rings. The third-order valence-corrected chi connectivity index (χ3v) is 6.27. The normalized spacial score (nSPS) is 23.1. The van der Waals surface area contributed by atoms with E-state index in [4.69, 9.17) is 4.74 Å². The molecule has 2 saturated heterocycles. The predicted molar refractivity (Wildman–Crippen MR) is 106 cm³/mol. The smallest absolute Gasteiger partial charge is 0.378 e. The predicted octanol–water partition coefficient (Wildman–Crippen LogP) is 2.67. The minimum Gasteiger partial charge on any atom is -0.378 e. The number of amides is 1. The highest BCUT2D eigenvalue weighted by atomic mass is 19.4. The molecule has 7 nitrogen and oxygen atoms in total. The third-order valence-electron chi connectivity index (χ3n) is 6.27. The third kappa shape index (κ3) is 4.45. The second-order valence-corrected chi connectivity index (χ2v) is 8.14. The summed E-state index contributed by atoms with van der Waals surface area (Å²) in [5.74, 6) is -0.208. The van der Waals surface area contributed by atoms with Gasteiger partial charge in [0.05, 0.1) is 12.1 Å². The lowest BCUT2D eigenvalue weighted by Crippen LogP contribution is -2.60. The van der Waals surface area contributed by atoms with Crippen LogP contribution in [-0.2, 0) is 22.3 Å². The standard InChI is InChI=1S/C21H26F3N5O2/c1-14-10-18(21(22,23)24)26-29(14)13-19(30)27-8-5-16(6-9-27)28-12-17(31-2)20(28)15-4-3-7-25-11-15/h3-4,7,10-11,16-17,20H,5-6,8-9,12-13H2,1-2H3/t17-,20-/m0/s1. The number of piperidine rings is 1. The number of aromatic nitrogens is 3. The van der Waals surface area contributed by atoms with Gasteiger partial charge < -0.3 is 9.64 Å². The van der Waals surface area contributed by atoms with Crippen LogP contribution in [0.15, 0.2) is 30.6 Å². The fourth-order valence-corrected chi connectivity index (χ4v) is 4.52. The lowest BCUT2D eigenvalue weighted by molar-refractivity contribution is -0.142. The molecule has 2 aromatic rings. The maximum Gasteiger partial charge on any atom is 0.435 e. The van der Waals surface area contributed by atoms with Crippen LogP contribution in [0.4, 0.5) is 13.2 Å². The van der Waals surface area contributed by atoms with E-state index in [1.54, 1.807) is 18.2 Å². The summed E-state index contributed by atoms with van der Waals surface area (Å²) in [4.78, 5) is 21.0. The molecule has 0 unspecified atom stereocenters. The number of likely N-dealkylation sites (tertiary alicyclic amines) is 2. The van der Waals surface area contributed by atoms with Gasteiger partial charge in [-0.1, -0.05) is 6.07 Å². The molecule has 2 atom stereocenters. The number of halogens is 3. The second kappa shape index (κ2) is 8.58. The molecule has 10 heteroatoms. The van der Waals surface area contributed by atoms with Crippen LogP contribution in [0.5, 0.6) is 0 Å².